The van der Waals surface area contributed by atoms with Crippen LogP contribution in [0.2, 0.25) is 0 Å². The molecule has 35 heavy (non-hydrogen) atoms. The van der Waals surface area contributed by atoms with Crippen molar-refractivity contribution in [3.8, 4) is 17.1 Å². The Morgan fingerprint density at radius 3 is 2.20 bits per heavy atom. The molecule has 0 atom stereocenters. The van der Waals surface area contributed by atoms with Crippen LogP contribution in [0.5, 0.6) is 5.75 Å². The number of nitrogens with one attached hydrogen (secondary N) is 1. The number of nitrogens with zero attached hydrogens (tertiary/aromatic N) is 3. The van der Waals surface area contributed by atoms with E-state index in [1.54, 1.807) is 19.2 Å². The van der Waals surface area contributed by atoms with Gasteiger partial charge in [0, 0.05) is 0 Å². The van der Waals surface area contributed by atoms with E-state index >= 15 is 0 Å². The predicted molar refractivity (Wildman–Crippen MR) is 152 cm³/mol. The molecule has 2 heterocycles. The molecular weight excluding hydrogens is 497 g/mol. The Kier molecular flexibility index (Phi) is 9.18. The molecule has 0 fully saturated rings. The zero-order valence-corrected chi connectivity index (χ0v) is 23.5. The molecule has 9 heteroatoms. The Bertz CT molecular complexity index is 1490. The number of H-pyrrole nitrogens is 1. The first-order chi connectivity index (χ1) is 16.8. The Labute approximate surface area is 220 Å². The van der Waals surface area contributed by atoms with Crippen molar-refractivity contribution in [1.29, 1.82) is 0 Å². The third-order valence-electron chi connectivity index (χ3n) is 5.90. The van der Waals surface area contributed by atoms with Gasteiger partial charge in [0.1, 0.15) is 16.1 Å². The molecule has 2 aromatic carbocycles. The molecule has 0 aliphatic carbocycles. The fourth-order valence-electron chi connectivity index (χ4n) is 3.96. The standard InChI is InChI=1S/C20H17N3O2S3.C6H15N/c1-11-8-9-13(12(2)10-11)22-17-16(28-20(22)27)18(24)23(19(26)21-17)14-6-4-5-7-15(14)25-3;1-4-7(5-2)6-3/h4-10H,1-3H3,(H,21,26);4-6H2,1-3H3. The van der Waals surface area contributed by atoms with Crippen molar-refractivity contribution in [1.82, 2.24) is 19.0 Å². The first kappa shape index (κ1) is 27.0. The molecule has 186 valence electrons. The van der Waals surface area contributed by atoms with E-state index in [0.29, 0.717) is 25.7 Å². The van der Waals surface area contributed by atoms with Gasteiger partial charge >= 0.3 is 0 Å². The van der Waals surface area contributed by atoms with Crippen molar-refractivity contribution in [2.45, 2.75) is 34.6 Å². The number of aryl methyl sites for hydroxylation is 2. The van der Waals surface area contributed by atoms with Gasteiger partial charge in [-0.05, 0) is 81.7 Å². The minimum atomic E-state index is -0.220. The molecular formula is C26H32N4O2S3. The van der Waals surface area contributed by atoms with Gasteiger partial charge in [-0.15, -0.1) is 0 Å². The van der Waals surface area contributed by atoms with Gasteiger partial charge in [-0.3, -0.25) is 9.36 Å². The van der Waals surface area contributed by atoms with E-state index in [0.717, 1.165) is 11.3 Å². The first-order valence-electron chi connectivity index (χ1n) is 11.6. The molecule has 0 saturated heterocycles. The van der Waals surface area contributed by atoms with Crippen LogP contribution in [0.25, 0.3) is 21.7 Å². The second-order valence-electron chi connectivity index (χ2n) is 8.03. The highest BCUT2D eigenvalue weighted by atomic mass is 32.1. The second kappa shape index (κ2) is 11.9. The second-order valence-corrected chi connectivity index (χ2v) is 10.1. The number of hydrogen-bond acceptors (Lipinski definition) is 6. The summed E-state index contributed by atoms with van der Waals surface area (Å²) in [6.07, 6.45) is 0. The molecule has 4 rings (SSSR count). The van der Waals surface area contributed by atoms with Gasteiger partial charge in [-0.2, -0.15) is 0 Å². The van der Waals surface area contributed by atoms with Crippen LogP contribution >= 0.6 is 35.8 Å². The van der Waals surface area contributed by atoms with Gasteiger partial charge in [0.2, 0.25) is 0 Å². The smallest absolute Gasteiger partial charge is 0.278 e. The molecule has 0 amide bonds. The number of hydrogen-bond donors (Lipinski definition) is 1. The van der Waals surface area contributed by atoms with Gasteiger partial charge in [0.25, 0.3) is 5.56 Å². The maximum atomic E-state index is 13.3. The Balaban J connectivity index is 0.000000429. The lowest BCUT2D eigenvalue weighted by Crippen LogP contribution is -2.21. The lowest BCUT2D eigenvalue weighted by molar-refractivity contribution is 0.321. The van der Waals surface area contributed by atoms with E-state index in [1.807, 2.05) is 42.7 Å². The predicted octanol–water partition coefficient (Wildman–Crippen LogP) is 6.60. The number of thiazole rings is 1. The Morgan fingerprint density at radius 1 is 0.971 bits per heavy atom. The number of aromatic amines is 1. The molecule has 1 N–H and O–H groups in total. The first-order valence-corrected chi connectivity index (χ1v) is 13.2. The summed E-state index contributed by atoms with van der Waals surface area (Å²) in [5, 5.41) is 0. The Morgan fingerprint density at radius 2 is 1.63 bits per heavy atom. The number of fused-ring (bicyclic) bond motifs is 1. The number of aromatic nitrogens is 3. The van der Waals surface area contributed by atoms with E-state index in [-0.39, 0.29) is 10.3 Å². The van der Waals surface area contributed by atoms with Crippen molar-refractivity contribution in [2.75, 3.05) is 26.7 Å². The summed E-state index contributed by atoms with van der Waals surface area (Å²) in [5.74, 6) is 0.570. The molecule has 6 nitrogen and oxygen atoms in total. The maximum absolute atomic E-state index is 13.3. The normalized spacial score (nSPS) is 10.9. The Hall–Kier alpha value is -2.59. The third kappa shape index (κ3) is 5.64. The quantitative estimate of drug-likeness (QED) is 0.286. The molecule has 0 unspecified atom stereocenters. The van der Waals surface area contributed by atoms with E-state index in [2.05, 4.69) is 36.7 Å². The summed E-state index contributed by atoms with van der Waals surface area (Å²) in [5.41, 5.74) is 4.16. The van der Waals surface area contributed by atoms with Crippen LogP contribution in [0.4, 0.5) is 0 Å². The summed E-state index contributed by atoms with van der Waals surface area (Å²) >= 11 is 12.4. The van der Waals surface area contributed by atoms with Crippen molar-refractivity contribution >= 4 is 46.1 Å². The zero-order valence-electron chi connectivity index (χ0n) is 21.0. The monoisotopic (exact) mass is 528 g/mol. The van der Waals surface area contributed by atoms with Crippen molar-refractivity contribution < 1.29 is 4.74 Å². The summed E-state index contributed by atoms with van der Waals surface area (Å²) < 4.78 is 10.1. The average molecular weight is 529 g/mol. The molecule has 0 bridgehead atoms. The number of methoxy groups -OCH3 is 1. The van der Waals surface area contributed by atoms with Crippen LogP contribution in [-0.4, -0.2) is 45.8 Å². The molecule has 2 aromatic heterocycles. The summed E-state index contributed by atoms with van der Waals surface area (Å²) in [6.45, 7) is 14.2. The van der Waals surface area contributed by atoms with E-state index in [9.17, 15) is 4.79 Å². The topological polar surface area (TPSA) is 55.2 Å². The molecule has 0 radical (unpaired) electrons. The van der Waals surface area contributed by atoms with Crippen LogP contribution in [0.15, 0.2) is 47.3 Å². The summed E-state index contributed by atoms with van der Waals surface area (Å²) in [4.78, 5) is 18.9. The van der Waals surface area contributed by atoms with Gasteiger partial charge in [-0.25, -0.2) is 4.57 Å². The minimum Gasteiger partial charge on any atom is -0.495 e. The average Bonchev–Trinajstić information content (AvgIpc) is 3.17. The van der Waals surface area contributed by atoms with Crippen molar-refractivity contribution in [3.05, 3.63) is 72.7 Å². The van der Waals surface area contributed by atoms with Gasteiger partial charge in [0.15, 0.2) is 8.73 Å². The number of benzene rings is 2. The highest BCUT2D eigenvalue weighted by molar-refractivity contribution is 7.73. The highest BCUT2D eigenvalue weighted by Gasteiger charge is 2.17. The van der Waals surface area contributed by atoms with Crippen molar-refractivity contribution in [2.24, 2.45) is 0 Å². The van der Waals surface area contributed by atoms with Crippen molar-refractivity contribution in [3.63, 3.8) is 0 Å². The van der Waals surface area contributed by atoms with Gasteiger partial charge in [0.05, 0.1) is 18.5 Å². The minimum absolute atomic E-state index is 0.220. The third-order valence-corrected chi connectivity index (χ3v) is 7.54. The number of ether oxygens (including phenoxy) is 1. The van der Waals surface area contributed by atoms with E-state index in [1.165, 1.54) is 41.1 Å². The number of rotatable bonds is 6. The van der Waals surface area contributed by atoms with Crippen LogP contribution < -0.4 is 10.3 Å². The number of para-hydroxylation sites is 2. The lowest BCUT2D eigenvalue weighted by atomic mass is 10.1. The van der Waals surface area contributed by atoms with Gasteiger partial charge in [-0.1, -0.05) is 61.9 Å². The molecule has 0 aliphatic heterocycles. The molecule has 0 spiro atoms. The van der Waals surface area contributed by atoms with Crippen LogP contribution in [-0.2, 0) is 0 Å². The van der Waals surface area contributed by atoms with E-state index in [4.69, 9.17) is 29.2 Å². The zero-order chi connectivity index (χ0) is 25.7. The van der Waals surface area contributed by atoms with Gasteiger partial charge < -0.3 is 14.6 Å². The molecule has 0 saturated carbocycles. The summed E-state index contributed by atoms with van der Waals surface area (Å²) in [6, 6.07) is 13.4. The fourth-order valence-corrected chi connectivity index (χ4v) is 5.55. The molecule has 0 aliphatic rings. The van der Waals surface area contributed by atoms with E-state index < -0.39 is 0 Å². The fraction of sp³-hybridized carbons (Fsp3) is 0.346. The molecule has 4 aromatic rings. The van der Waals surface area contributed by atoms with Crippen LogP contribution in [0, 0.1) is 22.6 Å². The van der Waals surface area contributed by atoms with Crippen LogP contribution in [0.3, 0.4) is 0 Å². The summed E-state index contributed by atoms with van der Waals surface area (Å²) in [7, 11) is 1.57. The SMILES string of the molecule is CCN(CC)CC.COc1ccccc1-n1c(=S)[nH]c2c(sc(=S)n2-c2ccc(C)cc2C)c1=O. The lowest BCUT2D eigenvalue weighted by Gasteiger charge is -2.13. The van der Waals surface area contributed by atoms with Crippen LogP contribution in [0.1, 0.15) is 31.9 Å². The maximum Gasteiger partial charge on any atom is 0.278 e. The largest absolute Gasteiger partial charge is 0.495 e. The highest BCUT2D eigenvalue weighted by Crippen LogP contribution is 2.27.